The van der Waals surface area contributed by atoms with E-state index in [0.29, 0.717) is 18.0 Å². The molecule has 142 valence electrons. The lowest BCUT2D eigenvalue weighted by Gasteiger charge is -2.12. The standard InChI is InChI=1S/C18H24ClN3O2S2/c1-11(12(2)23)10-26-25-6-5-21-18(24)16(20)7-13-9-22-17-8-14(19)3-4-15(13)17/h3-4,8-9,11,16,22H,5-7,10,20H2,1-2H3,(H,21,24)/t11-,16-/m0/s1. The number of hydrogen-bond acceptors (Lipinski definition) is 5. The first-order valence-corrected chi connectivity index (χ1v) is 11.3. The lowest BCUT2D eigenvalue weighted by molar-refractivity contribution is -0.122. The Kier molecular flexibility index (Phi) is 8.34. The average Bonchev–Trinajstić information content (AvgIpc) is 2.99. The van der Waals surface area contributed by atoms with E-state index in [-0.39, 0.29) is 17.6 Å². The molecule has 8 heteroatoms. The summed E-state index contributed by atoms with van der Waals surface area (Å²) in [5, 5.41) is 4.57. The average molecular weight is 414 g/mol. The van der Waals surface area contributed by atoms with Gasteiger partial charge in [-0.3, -0.25) is 9.59 Å². The Morgan fingerprint density at radius 3 is 2.85 bits per heavy atom. The van der Waals surface area contributed by atoms with E-state index in [1.807, 2.05) is 31.3 Å². The van der Waals surface area contributed by atoms with E-state index >= 15 is 0 Å². The van der Waals surface area contributed by atoms with E-state index in [1.54, 1.807) is 28.5 Å². The molecule has 1 amide bonds. The van der Waals surface area contributed by atoms with E-state index in [2.05, 4.69) is 10.3 Å². The van der Waals surface area contributed by atoms with Gasteiger partial charge in [-0.15, -0.1) is 0 Å². The number of fused-ring (bicyclic) bond motifs is 1. The highest BCUT2D eigenvalue weighted by Gasteiger charge is 2.16. The minimum Gasteiger partial charge on any atom is -0.361 e. The van der Waals surface area contributed by atoms with Gasteiger partial charge in [0.1, 0.15) is 5.78 Å². The SMILES string of the molecule is CC(=O)[C@@H](C)CSSCCNC(=O)[C@@H](N)Cc1c[nH]c2cc(Cl)ccc12. The van der Waals surface area contributed by atoms with Crippen molar-refractivity contribution in [3.63, 3.8) is 0 Å². The van der Waals surface area contributed by atoms with E-state index in [0.717, 1.165) is 28.0 Å². The zero-order valence-corrected chi connectivity index (χ0v) is 17.3. The molecule has 0 aliphatic rings. The molecule has 2 rings (SSSR count). The summed E-state index contributed by atoms with van der Waals surface area (Å²) in [4.78, 5) is 26.5. The third-order valence-electron chi connectivity index (χ3n) is 4.09. The van der Waals surface area contributed by atoms with Crippen molar-refractivity contribution in [2.45, 2.75) is 26.3 Å². The summed E-state index contributed by atoms with van der Waals surface area (Å²) in [5.74, 6) is 1.69. The molecular formula is C18H24ClN3O2S2. The summed E-state index contributed by atoms with van der Waals surface area (Å²) in [6, 6.07) is 5.02. The number of amides is 1. The van der Waals surface area contributed by atoms with Crippen molar-refractivity contribution in [1.82, 2.24) is 10.3 Å². The molecule has 4 N–H and O–H groups in total. The second kappa shape index (κ2) is 10.3. The summed E-state index contributed by atoms with van der Waals surface area (Å²) in [6.07, 6.45) is 2.34. The molecular weight excluding hydrogens is 390 g/mol. The Morgan fingerprint density at radius 1 is 1.35 bits per heavy atom. The largest absolute Gasteiger partial charge is 0.361 e. The van der Waals surface area contributed by atoms with Crippen LogP contribution in [0.1, 0.15) is 19.4 Å². The molecule has 2 aromatic rings. The number of rotatable bonds is 10. The molecule has 26 heavy (non-hydrogen) atoms. The van der Waals surface area contributed by atoms with Gasteiger partial charge in [0.25, 0.3) is 0 Å². The van der Waals surface area contributed by atoms with Gasteiger partial charge in [0.05, 0.1) is 6.04 Å². The van der Waals surface area contributed by atoms with Gasteiger partial charge in [-0.05, 0) is 31.0 Å². The zero-order chi connectivity index (χ0) is 19.1. The summed E-state index contributed by atoms with van der Waals surface area (Å²) in [7, 11) is 3.31. The number of halogens is 1. The molecule has 1 heterocycles. The molecule has 5 nitrogen and oxygen atoms in total. The predicted octanol–water partition coefficient (Wildman–Crippen LogP) is 3.41. The zero-order valence-electron chi connectivity index (χ0n) is 14.9. The predicted molar refractivity (Wildman–Crippen MR) is 113 cm³/mol. The van der Waals surface area contributed by atoms with Gasteiger partial charge in [-0.2, -0.15) is 0 Å². The van der Waals surface area contributed by atoms with Crippen molar-refractivity contribution in [3.05, 3.63) is 35.0 Å². The van der Waals surface area contributed by atoms with Crippen LogP contribution >= 0.6 is 33.2 Å². The van der Waals surface area contributed by atoms with Crippen LogP contribution in [0.25, 0.3) is 10.9 Å². The topological polar surface area (TPSA) is 88.0 Å². The number of nitrogens with two attached hydrogens (primary N) is 1. The molecule has 0 aliphatic heterocycles. The van der Waals surface area contributed by atoms with Gasteiger partial charge in [0.2, 0.25) is 5.91 Å². The first-order valence-electron chi connectivity index (χ1n) is 8.42. The quantitative estimate of drug-likeness (QED) is 0.410. The third kappa shape index (κ3) is 6.23. The Hall–Kier alpha value is -1.15. The molecule has 1 aromatic carbocycles. The van der Waals surface area contributed by atoms with Gasteiger partial charge in [0, 0.05) is 46.1 Å². The van der Waals surface area contributed by atoms with Gasteiger partial charge < -0.3 is 16.0 Å². The number of nitrogens with one attached hydrogen (secondary N) is 2. The third-order valence-corrected chi connectivity index (χ3v) is 6.90. The first-order chi connectivity index (χ1) is 12.4. The maximum Gasteiger partial charge on any atom is 0.237 e. The van der Waals surface area contributed by atoms with Crippen LogP contribution in [-0.2, 0) is 16.0 Å². The van der Waals surface area contributed by atoms with Crippen LogP contribution in [0.15, 0.2) is 24.4 Å². The smallest absolute Gasteiger partial charge is 0.237 e. The van der Waals surface area contributed by atoms with Crippen LogP contribution in [-0.4, -0.2) is 40.8 Å². The van der Waals surface area contributed by atoms with Crippen LogP contribution in [0.3, 0.4) is 0 Å². The van der Waals surface area contributed by atoms with Gasteiger partial charge in [0.15, 0.2) is 0 Å². The number of aromatic amines is 1. The van der Waals surface area contributed by atoms with Crippen LogP contribution in [0, 0.1) is 5.92 Å². The molecule has 2 atom stereocenters. The van der Waals surface area contributed by atoms with E-state index in [4.69, 9.17) is 17.3 Å². The van der Waals surface area contributed by atoms with E-state index in [1.165, 1.54) is 0 Å². The van der Waals surface area contributed by atoms with Gasteiger partial charge >= 0.3 is 0 Å². The number of hydrogen-bond donors (Lipinski definition) is 3. The first kappa shape index (κ1) is 21.2. The van der Waals surface area contributed by atoms with Crippen molar-refractivity contribution >= 4 is 55.8 Å². The number of carbonyl (C=O) groups is 2. The Balaban J connectivity index is 1.71. The fourth-order valence-electron chi connectivity index (χ4n) is 2.33. The summed E-state index contributed by atoms with van der Waals surface area (Å²) in [5.41, 5.74) is 7.98. The number of aromatic nitrogens is 1. The number of ketones is 1. The highest BCUT2D eigenvalue weighted by molar-refractivity contribution is 8.76. The normalized spacial score (nSPS) is 13.5. The van der Waals surface area contributed by atoms with Gasteiger partial charge in [-0.25, -0.2) is 0 Å². The van der Waals surface area contributed by atoms with Crippen LogP contribution in [0.4, 0.5) is 0 Å². The molecule has 1 aromatic heterocycles. The second-order valence-corrected chi connectivity index (χ2v) is 9.29. The van der Waals surface area contributed by atoms with Crippen LogP contribution in [0.2, 0.25) is 5.02 Å². The number of carbonyl (C=O) groups excluding carboxylic acids is 2. The lowest BCUT2D eigenvalue weighted by Crippen LogP contribution is -2.42. The molecule has 0 radical (unpaired) electrons. The van der Waals surface area contributed by atoms with Crippen LogP contribution in [0.5, 0.6) is 0 Å². The molecule has 0 bridgehead atoms. The minimum atomic E-state index is -0.597. The van der Waals surface area contributed by atoms with Crippen molar-refractivity contribution in [1.29, 1.82) is 0 Å². The number of Topliss-reactive ketones (excluding diaryl/α,β-unsaturated/α-hetero) is 1. The van der Waals surface area contributed by atoms with Gasteiger partial charge in [-0.1, -0.05) is 46.2 Å². The lowest BCUT2D eigenvalue weighted by atomic mass is 10.1. The number of benzene rings is 1. The number of H-pyrrole nitrogens is 1. The van der Waals surface area contributed by atoms with E-state index < -0.39 is 6.04 Å². The monoisotopic (exact) mass is 413 g/mol. The molecule has 0 unspecified atom stereocenters. The summed E-state index contributed by atoms with van der Waals surface area (Å²) >= 11 is 5.98. The summed E-state index contributed by atoms with van der Waals surface area (Å²) < 4.78 is 0. The minimum absolute atomic E-state index is 0.0709. The van der Waals surface area contributed by atoms with Crippen molar-refractivity contribution in [2.24, 2.45) is 11.7 Å². The molecule has 0 spiro atoms. The Labute approximate surface area is 166 Å². The Morgan fingerprint density at radius 2 is 2.12 bits per heavy atom. The molecule has 0 saturated heterocycles. The van der Waals surface area contributed by atoms with Crippen molar-refractivity contribution < 1.29 is 9.59 Å². The molecule has 0 saturated carbocycles. The van der Waals surface area contributed by atoms with E-state index in [9.17, 15) is 9.59 Å². The molecule has 0 fully saturated rings. The fraction of sp³-hybridized carbons (Fsp3) is 0.444. The fourth-order valence-corrected chi connectivity index (χ4v) is 4.85. The summed E-state index contributed by atoms with van der Waals surface area (Å²) in [6.45, 7) is 4.09. The maximum atomic E-state index is 12.2. The molecule has 0 aliphatic carbocycles. The van der Waals surface area contributed by atoms with Crippen LogP contribution < -0.4 is 11.1 Å². The highest BCUT2D eigenvalue weighted by atomic mass is 35.5. The maximum absolute atomic E-state index is 12.2. The highest BCUT2D eigenvalue weighted by Crippen LogP contribution is 2.24. The van der Waals surface area contributed by atoms with Crippen molar-refractivity contribution in [3.8, 4) is 0 Å². The second-order valence-electron chi connectivity index (χ2n) is 6.22. The Bertz CT molecular complexity index is 766. The van der Waals surface area contributed by atoms with Crippen molar-refractivity contribution in [2.75, 3.05) is 18.1 Å².